The molecule has 0 radical (unpaired) electrons. The maximum Gasteiger partial charge on any atom is 0.302 e. The summed E-state index contributed by atoms with van der Waals surface area (Å²) in [5, 5.41) is 9.13. The van der Waals surface area contributed by atoms with Gasteiger partial charge in [0.05, 0.1) is 6.07 Å². The number of carbonyl (C=O) groups excluding carboxylic acids is 1. The Morgan fingerprint density at radius 2 is 2.16 bits per heavy atom. The van der Waals surface area contributed by atoms with Gasteiger partial charge in [-0.05, 0) is 74.0 Å². The number of carbonyl (C=O) groups is 1. The Labute approximate surface area is 151 Å². The normalized spacial score (nSPS) is 44.1. The van der Waals surface area contributed by atoms with Crippen LogP contribution in [0.2, 0.25) is 0 Å². The molecule has 0 saturated heterocycles. The first-order chi connectivity index (χ1) is 12.0. The van der Waals surface area contributed by atoms with E-state index in [9.17, 15) is 4.79 Å². The monoisotopic (exact) mass is 339 g/mol. The molecule has 0 aliphatic heterocycles. The lowest BCUT2D eigenvalue weighted by Gasteiger charge is -2.52. The van der Waals surface area contributed by atoms with E-state index >= 15 is 0 Å². The fourth-order valence-corrected chi connectivity index (χ4v) is 6.73. The largest absolute Gasteiger partial charge is 0.462 e. The zero-order chi connectivity index (χ0) is 17.6. The summed E-state index contributed by atoms with van der Waals surface area (Å²) in [6.45, 7) is 3.94. The first kappa shape index (κ1) is 16.9. The van der Waals surface area contributed by atoms with Crippen LogP contribution in [0.4, 0.5) is 0 Å². The summed E-state index contributed by atoms with van der Waals surface area (Å²) in [5.74, 6) is 2.89. The zero-order valence-electron chi connectivity index (χ0n) is 15.5. The van der Waals surface area contributed by atoms with Gasteiger partial charge in [-0.3, -0.25) is 4.79 Å². The number of hydrogen-bond donors (Lipinski definition) is 0. The second kappa shape index (κ2) is 6.31. The number of fused-ring (bicyclic) bond motifs is 5. The van der Waals surface area contributed by atoms with Crippen molar-refractivity contribution in [2.45, 2.75) is 71.3 Å². The standard InChI is InChI=1S/C22H29NO2/c1-14(24)25-17-5-7-18-15(13-17)3-6-20-19(18)9-11-22(2)16(10-12-23)4-8-21(20)22/h3,10,17-21H,4-9,11,13H2,1-2H3/t17?,18-,19+,20+,21-,22+/m0/s1. The van der Waals surface area contributed by atoms with Crippen molar-refractivity contribution in [2.24, 2.45) is 29.1 Å². The smallest absolute Gasteiger partial charge is 0.302 e. The van der Waals surface area contributed by atoms with E-state index in [4.69, 9.17) is 10.00 Å². The molecule has 0 aromatic heterocycles. The van der Waals surface area contributed by atoms with Crippen molar-refractivity contribution in [1.29, 1.82) is 5.26 Å². The summed E-state index contributed by atoms with van der Waals surface area (Å²) in [4.78, 5) is 11.3. The molecule has 0 bridgehead atoms. The summed E-state index contributed by atoms with van der Waals surface area (Å²) in [7, 11) is 0. The Morgan fingerprint density at radius 1 is 1.32 bits per heavy atom. The summed E-state index contributed by atoms with van der Waals surface area (Å²) < 4.78 is 5.48. The molecule has 0 amide bonds. The number of hydrogen-bond acceptors (Lipinski definition) is 3. The Kier molecular flexibility index (Phi) is 4.26. The minimum absolute atomic E-state index is 0.0991. The molecule has 0 aromatic carbocycles. The SMILES string of the molecule is CC(=O)OC1CC[C@H]2C(=CC[C@@H]3[C@@H]2CC[C@]2(C)C(=CC#N)CC[C@@H]32)C1. The Bertz CT molecular complexity index is 670. The lowest BCUT2D eigenvalue weighted by molar-refractivity contribution is -0.147. The maximum atomic E-state index is 11.3. The van der Waals surface area contributed by atoms with Crippen LogP contribution in [0, 0.1) is 40.4 Å². The molecule has 0 N–H and O–H groups in total. The molecule has 4 aliphatic rings. The molecule has 3 nitrogen and oxygen atoms in total. The third kappa shape index (κ3) is 2.75. The highest BCUT2D eigenvalue weighted by molar-refractivity contribution is 5.66. The van der Waals surface area contributed by atoms with Crippen molar-refractivity contribution >= 4 is 5.97 Å². The van der Waals surface area contributed by atoms with E-state index in [1.807, 2.05) is 6.08 Å². The first-order valence-corrected chi connectivity index (χ1v) is 9.98. The molecular weight excluding hydrogens is 310 g/mol. The quantitative estimate of drug-likeness (QED) is 0.386. The zero-order valence-corrected chi connectivity index (χ0v) is 15.5. The van der Waals surface area contributed by atoms with Crippen molar-refractivity contribution in [3.63, 3.8) is 0 Å². The van der Waals surface area contributed by atoms with E-state index in [1.165, 1.54) is 44.6 Å². The molecule has 1 unspecified atom stereocenters. The topological polar surface area (TPSA) is 50.1 Å². The molecule has 3 heteroatoms. The summed E-state index contributed by atoms with van der Waals surface area (Å²) in [5.41, 5.74) is 3.23. The molecule has 25 heavy (non-hydrogen) atoms. The lowest BCUT2D eigenvalue weighted by atomic mass is 9.52. The molecule has 0 spiro atoms. The molecular formula is C22H29NO2. The highest BCUT2D eigenvalue weighted by Crippen LogP contribution is 2.63. The van der Waals surface area contributed by atoms with Crippen molar-refractivity contribution in [1.82, 2.24) is 0 Å². The lowest BCUT2D eigenvalue weighted by Crippen LogP contribution is -2.45. The average Bonchev–Trinajstić information content (AvgIpc) is 2.91. The van der Waals surface area contributed by atoms with Crippen molar-refractivity contribution in [3.05, 3.63) is 23.3 Å². The summed E-state index contributed by atoms with van der Waals surface area (Å²) in [6, 6.07) is 2.29. The van der Waals surface area contributed by atoms with Gasteiger partial charge < -0.3 is 4.74 Å². The fourth-order valence-electron chi connectivity index (χ4n) is 6.73. The van der Waals surface area contributed by atoms with Crippen LogP contribution in [-0.4, -0.2) is 12.1 Å². The molecule has 3 saturated carbocycles. The van der Waals surface area contributed by atoms with E-state index in [1.54, 1.807) is 5.57 Å². The van der Waals surface area contributed by atoms with E-state index in [0.717, 1.165) is 37.0 Å². The molecule has 0 aromatic rings. The highest BCUT2D eigenvalue weighted by atomic mass is 16.5. The predicted octanol–water partition coefficient (Wildman–Crippen LogP) is 4.94. The van der Waals surface area contributed by atoms with Gasteiger partial charge in [0.25, 0.3) is 0 Å². The number of allylic oxidation sites excluding steroid dienone is 3. The molecule has 4 rings (SSSR count). The molecule has 6 atom stereocenters. The van der Waals surface area contributed by atoms with E-state index < -0.39 is 0 Å². The van der Waals surface area contributed by atoms with E-state index in [0.29, 0.717) is 5.92 Å². The van der Waals surface area contributed by atoms with Gasteiger partial charge in [0.1, 0.15) is 6.10 Å². The highest BCUT2D eigenvalue weighted by Gasteiger charge is 2.54. The van der Waals surface area contributed by atoms with Gasteiger partial charge in [0.2, 0.25) is 0 Å². The summed E-state index contributed by atoms with van der Waals surface area (Å²) in [6.07, 6.45) is 13.7. The van der Waals surface area contributed by atoms with Gasteiger partial charge in [-0.25, -0.2) is 0 Å². The number of ether oxygens (including phenoxy) is 1. The Balaban J connectivity index is 1.54. The van der Waals surface area contributed by atoms with Crippen molar-refractivity contribution < 1.29 is 9.53 Å². The van der Waals surface area contributed by atoms with Crippen LogP contribution in [0.1, 0.15) is 65.2 Å². The summed E-state index contributed by atoms with van der Waals surface area (Å²) >= 11 is 0. The second-order valence-corrected chi connectivity index (χ2v) is 8.86. The number of rotatable bonds is 1. The minimum atomic E-state index is -0.145. The van der Waals surface area contributed by atoms with Gasteiger partial charge in [-0.2, -0.15) is 5.26 Å². The third-order valence-corrected chi connectivity index (χ3v) is 7.82. The fraction of sp³-hybridized carbons (Fsp3) is 0.727. The Hall–Kier alpha value is -1.56. The minimum Gasteiger partial charge on any atom is -0.462 e. The van der Waals surface area contributed by atoms with Crippen LogP contribution in [-0.2, 0) is 9.53 Å². The molecule has 3 fully saturated rings. The number of nitriles is 1. The first-order valence-electron chi connectivity index (χ1n) is 9.98. The van der Waals surface area contributed by atoms with E-state index in [2.05, 4.69) is 19.1 Å². The van der Waals surface area contributed by atoms with Crippen LogP contribution in [0.25, 0.3) is 0 Å². The predicted molar refractivity (Wildman–Crippen MR) is 96.3 cm³/mol. The van der Waals surface area contributed by atoms with Crippen molar-refractivity contribution in [2.75, 3.05) is 0 Å². The van der Waals surface area contributed by atoms with E-state index in [-0.39, 0.29) is 17.5 Å². The third-order valence-electron chi connectivity index (χ3n) is 7.82. The van der Waals surface area contributed by atoms with Gasteiger partial charge in [0, 0.05) is 19.4 Å². The second-order valence-electron chi connectivity index (χ2n) is 8.86. The van der Waals surface area contributed by atoms with Gasteiger partial charge in [-0.15, -0.1) is 0 Å². The average molecular weight is 339 g/mol. The van der Waals surface area contributed by atoms with Crippen LogP contribution in [0.5, 0.6) is 0 Å². The van der Waals surface area contributed by atoms with Gasteiger partial charge in [-0.1, -0.05) is 24.1 Å². The molecule has 134 valence electrons. The maximum absolute atomic E-state index is 11.3. The number of esters is 1. The van der Waals surface area contributed by atoms with Crippen LogP contribution >= 0.6 is 0 Å². The molecule has 4 aliphatic carbocycles. The van der Waals surface area contributed by atoms with Gasteiger partial charge >= 0.3 is 5.97 Å². The molecule has 0 heterocycles. The number of nitrogens with zero attached hydrogens (tertiary/aromatic N) is 1. The Morgan fingerprint density at radius 3 is 2.92 bits per heavy atom. The van der Waals surface area contributed by atoms with Crippen molar-refractivity contribution in [3.8, 4) is 6.07 Å². The van der Waals surface area contributed by atoms with Crippen LogP contribution in [0.3, 0.4) is 0 Å². The van der Waals surface area contributed by atoms with Crippen LogP contribution < -0.4 is 0 Å². The van der Waals surface area contributed by atoms with Crippen LogP contribution in [0.15, 0.2) is 23.3 Å². The van der Waals surface area contributed by atoms with Gasteiger partial charge in [0.15, 0.2) is 0 Å².